The third kappa shape index (κ3) is 3.62. The van der Waals surface area contributed by atoms with Gasteiger partial charge in [-0.25, -0.2) is 4.79 Å². The summed E-state index contributed by atoms with van der Waals surface area (Å²) in [6.45, 7) is 6.55. The molecular formula is C13H24N2O3. The molecule has 0 aromatic rings. The zero-order valence-corrected chi connectivity index (χ0v) is 11.5. The third-order valence-corrected chi connectivity index (χ3v) is 3.80. The number of rotatable bonds is 4. The molecule has 18 heavy (non-hydrogen) atoms. The lowest BCUT2D eigenvalue weighted by atomic mass is 9.92. The molecule has 1 fully saturated rings. The summed E-state index contributed by atoms with van der Waals surface area (Å²) in [6, 6.07) is 0.149. The summed E-state index contributed by atoms with van der Waals surface area (Å²) in [5, 5.41) is 12.0. The molecule has 104 valence electrons. The minimum absolute atomic E-state index is 0.00536. The largest absolute Gasteiger partial charge is 0.481 e. The van der Waals surface area contributed by atoms with Gasteiger partial charge in [-0.1, -0.05) is 13.8 Å². The lowest BCUT2D eigenvalue weighted by molar-refractivity contribution is -0.143. The quantitative estimate of drug-likeness (QED) is 0.809. The van der Waals surface area contributed by atoms with Crippen LogP contribution >= 0.6 is 0 Å². The van der Waals surface area contributed by atoms with Crippen LogP contribution in [0.3, 0.4) is 0 Å². The van der Waals surface area contributed by atoms with Gasteiger partial charge in [0, 0.05) is 18.6 Å². The van der Waals surface area contributed by atoms with E-state index in [0.717, 1.165) is 12.8 Å². The minimum atomic E-state index is -0.748. The maximum Gasteiger partial charge on any atom is 0.317 e. The normalized spacial score (nSPS) is 24.1. The van der Waals surface area contributed by atoms with E-state index in [1.165, 1.54) is 0 Å². The van der Waals surface area contributed by atoms with Crippen molar-refractivity contribution in [2.24, 2.45) is 5.92 Å². The van der Waals surface area contributed by atoms with Crippen molar-refractivity contribution in [3.63, 3.8) is 0 Å². The van der Waals surface area contributed by atoms with Crippen LogP contribution in [0.15, 0.2) is 0 Å². The Kier molecular flexibility index (Phi) is 5.44. The molecule has 1 aliphatic rings. The highest BCUT2D eigenvalue weighted by Gasteiger charge is 2.32. The number of urea groups is 1. The molecule has 1 heterocycles. The molecule has 0 radical (unpaired) electrons. The Morgan fingerprint density at radius 2 is 2.00 bits per heavy atom. The van der Waals surface area contributed by atoms with E-state index in [4.69, 9.17) is 5.11 Å². The number of nitrogens with zero attached hydrogens (tertiary/aromatic N) is 1. The second-order valence-electron chi connectivity index (χ2n) is 5.06. The fourth-order valence-electron chi connectivity index (χ4n) is 2.45. The SMILES string of the molecule is CCC(CC)NC(=O)N1CCC(C(=O)O)CC1C. The first-order chi connectivity index (χ1) is 8.49. The molecule has 5 nitrogen and oxygen atoms in total. The van der Waals surface area contributed by atoms with E-state index in [1.54, 1.807) is 4.90 Å². The predicted molar refractivity (Wildman–Crippen MR) is 69.4 cm³/mol. The van der Waals surface area contributed by atoms with E-state index in [9.17, 15) is 9.59 Å². The Hall–Kier alpha value is -1.26. The van der Waals surface area contributed by atoms with E-state index in [2.05, 4.69) is 19.2 Å². The van der Waals surface area contributed by atoms with E-state index in [0.29, 0.717) is 19.4 Å². The van der Waals surface area contributed by atoms with Gasteiger partial charge in [0.15, 0.2) is 0 Å². The average Bonchev–Trinajstić information content (AvgIpc) is 2.35. The number of aliphatic carboxylic acids is 1. The summed E-state index contributed by atoms with van der Waals surface area (Å²) >= 11 is 0. The molecule has 2 N–H and O–H groups in total. The molecule has 2 amide bonds. The highest BCUT2D eigenvalue weighted by Crippen LogP contribution is 2.23. The first-order valence-corrected chi connectivity index (χ1v) is 6.79. The predicted octanol–water partition coefficient (Wildman–Crippen LogP) is 2.07. The van der Waals surface area contributed by atoms with Crippen molar-refractivity contribution in [3.8, 4) is 0 Å². The molecule has 0 aromatic heterocycles. The number of likely N-dealkylation sites (tertiary alicyclic amines) is 1. The van der Waals surface area contributed by atoms with E-state index in [-0.39, 0.29) is 24.0 Å². The number of hydrogen-bond acceptors (Lipinski definition) is 2. The molecule has 0 bridgehead atoms. The van der Waals surface area contributed by atoms with Crippen LogP contribution in [0.1, 0.15) is 46.5 Å². The maximum absolute atomic E-state index is 12.1. The number of carbonyl (C=O) groups is 2. The number of carboxylic acids is 1. The van der Waals surface area contributed by atoms with E-state index in [1.807, 2.05) is 6.92 Å². The summed E-state index contributed by atoms with van der Waals surface area (Å²) < 4.78 is 0. The van der Waals surface area contributed by atoms with Crippen LogP contribution in [-0.4, -0.2) is 40.6 Å². The first kappa shape index (κ1) is 14.8. The Morgan fingerprint density at radius 3 is 2.44 bits per heavy atom. The number of nitrogens with one attached hydrogen (secondary N) is 1. The summed E-state index contributed by atoms with van der Waals surface area (Å²) in [4.78, 5) is 24.8. The number of piperidine rings is 1. The molecule has 2 unspecified atom stereocenters. The molecule has 0 aliphatic carbocycles. The van der Waals surface area contributed by atoms with Crippen molar-refractivity contribution in [3.05, 3.63) is 0 Å². The van der Waals surface area contributed by atoms with Crippen molar-refractivity contribution in [2.45, 2.75) is 58.5 Å². The maximum atomic E-state index is 12.1. The summed E-state index contributed by atoms with van der Waals surface area (Å²) in [6.07, 6.45) is 2.94. The molecule has 0 spiro atoms. The van der Waals surface area contributed by atoms with Crippen LogP contribution in [0.2, 0.25) is 0 Å². The van der Waals surface area contributed by atoms with Crippen molar-refractivity contribution >= 4 is 12.0 Å². The second kappa shape index (κ2) is 6.61. The standard InChI is InChI=1S/C13H24N2O3/c1-4-11(5-2)14-13(18)15-7-6-10(12(16)17)8-9(15)3/h9-11H,4-8H2,1-3H3,(H,14,18)(H,16,17). The molecule has 0 aromatic carbocycles. The van der Waals surface area contributed by atoms with E-state index < -0.39 is 5.97 Å². The first-order valence-electron chi connectivity index (χ1n) is 6.79. The van der Waals surface area contributed by atoms with Gasteiger partial charge in [-0.05, 0) is 32.6 Å². The van der Waals surface area contributed by atoms with Crippen molar-refractivity contribution in [2.75, 3.05) is 6.54 Å². The third-order valence-electron chi connectivity index (χ3n) is 3.80. The summed E-state index contributed by atoms with van der Waals surface area (Å²) in [5.74, 6) is -1.06. The number of carboxylic acid groups (broad SMARTS) is 1. The summed E-state index contributed by atoms with van der Waals surface area (Å²) in [7, 11) is 0. The minimum Gasteiger partial charge on any atom is -0.481 e. The van der Waals surface area contributed by atoms with Crippen molar-refractivity contribution < 1.29 is 14.7 Å². The lowest BCUT2D eigenvalue weighted by Gasteiger charge is -2.37. The molecule has 0 saturated carbocycles. The second-order valence-corrected chi connectivity index (χ2v) is 5.06. The molecule has 1 aliphatic heterocycles. The van der Waals surface area contributed by atoms with Crippen LogP contribution in [-0.2, 0) is 4.79 Å². The molecule has 1 rings (SSSR count). The van der Waals surface area contributed by atoms with Crippen molar-refractivity contribution in [1.29, 1.82) is 0 Å². The fraction of sp³-hybridized carbons (Fsp3) is 0.846. The van der Waals surface area contributed by atoms with Gasteiger partial charge in [0.25, 0.3) is 0 Å². The van der Waals surface area contributed by atoms with Gasteiger partial charge in [0.2, 0.25) is 0 Å². The average molecular weight is 256 g/mol. The van der Waals surface area contributed by atoms with Gasteiger partial charge in [0.1, 0.15) is 0 Å². The van der Waals surface area contributed by atoms with Crippen molar-refractivity contribution in [1.82, 2.24) is 10.2 Å². The topological polar surface area (TPSA) is 69.6 Å². The number of carbonyl (C=O) groups excluding carboxylic acids is 1. The zero-order valence-electron chi connectivity index (χ0n) is 11.5. The van der Waals surface area contributed by atoms with Gasteiger partial charge in [-0.3, -0.25) is 4.79 Å². The number of amides is 2. The fourth-order valence-corrected chi connectivity index (χ4v) is 2.45. The Labute approximate surface area is 109 Å². The lowest BCUT2D eigenvalue weighted by Crippen LogP contribution is -2.52. The van der Waals surface area contributed by atoms with Crippen LogP contribution in [0.5, 0.6) is 0 Å². The zero-order chi connectivity index (χ0) is 13.7. The van der Waals surface area contributed by atoms with Gasteiger partial charge >= 0.3 is 12.0 Å². The highest BCUT2D eigenvalue weighted by molar-refractivity contribution is 5.76. The van der Waals surface area contributed by atoms with Crippen LogP contribution in [0.4, 0.5) is 4.79 Å². The molecule has 5 heteroatoms. The molecule has 1 saturated heterocycles. The molecular weight excluding hydrogens is 232 g/mol. The molecule has 2 atom stereocenters. The smallest absolute Gasteiger partial charge is 0.317 e. The van der Waals surface area contributed by atoms with Gasteiger partial charge in [-0.15, -0.1) is 0 Å². The van der Waals surface area contributed by atoms with Crippen LogP contribution in [0.25, 0.3) is 0 Å². The van der Waals surface area contributed by atoms with Crippen LogP contribution < -0.4 is 5.32 Å². The van der Waals surface area contributed by atoms with Crippen LogP contribution in [0, 0.1) is 5.92 Å². The Bertz CT molecular complexity index is 303. The van der Waals surface area contributed by atoms with Gasteiger partial charge in [-0.2, -0.15) is 0 Å². The summed E-state index contributed by atoms with van der Waals surface area (Å²) in [5.41, 5.74) is 0. The van der Waals surface area contributed by atoms with Gasteiger partial charge < -0.3 is 15.3 Å². The highest BCUT2D eigenvalue weighted by atomic mass is 16.4. The monoisotopic (exact) mass is 256 g/mol. The van der Waals surface area contributed by atoms with Gasteiger partial charge in [0.05, 0.1) is 5.92 Å². The number of hydrogen-bond donors (Lipinski definition) is 2. The Balaban J connectivity index is 2.52. The van der Waals surface area contributed by atoms with E-state index >= 15 is 0 Å². The Morgan fingerprint density at radius 1 is 1.39 bits per heavy atom.